The molecule has 0 aliphatic rings. The van der Waals surface area contributed by atoms with Gasteiger partial charge >= 0.3 is 0 Å². The maximum absolute atomic E-state index is 12.1. The summed E-state index contributed by atoms with van der Waals surface area (Å²) in [5, 5.41) is 23.5. The van der Waals surface area contributed by atoms with Gasteiger partial charge in [-0.1, -0.05) is 6.07 Å². The molecule has 0 atom stereocenters. The molecule has 2 aromatic carbocycles. The van der Waals surface area contributed by atoms with E-state index in [1.165, 1.54) is 24.4 Å². The van der Waals surface area contributed by atoms with Gasteiger partial charge in [0.1, 0.15) is 11.5 Å². The first-order valence-corrected chi connectivity index (χ1v) is 6.84. The number of nitrogens with one attached hydrogen (secondary N) is 1. The molecule has 0 fully saturated rings. The fourth-order valence-corrected chi connectivity index (χ4v) is 2.08. The monoisotopic (exact) mass is 307 g/mol. The van der Waals surface area contributed by atoms with Crippen molar-refractivity contribution in [2.45, 2.75) is 0 Å². The topological polar surface area (TPSA) is 94.8 Å². The molecule has 1 amide bonds. The molecule has 0 saturated carbocycles. The Bertz CT molecular complexity index is 906. The molecule has 0 saturated heterocycles. The lowest BCUT2D eigenvalue weighted by molar-refractivity contribution is 0.0955. The van der Waals surface area contributed by atoms with E-state index < -0.39 is 0 Å². The number of nitrogens with zero attached hydrogens (tertiary/aromatic N) is 2. The minimum Gasteiger partial charge on any atom is -0.508 e. The predicted molar refractivity (Wildman–Crippen MR) is 86.6 cm³/mol. The molecule has 0 aliphatic carbocycles. The van der Waals surface area contributed by atoms with Crippen molar-refractivity contribution in [1.82, 2.24) is 10.4 Å². The molecular formula is C17H13N3O3. The summed E-state index contributed by atoms with van der Waals surface area (Å²) in [5.74, 6) is -0.543. The van der Waals surface area contributed by atoms with E-state index in [-0.39, 0.29) is 17.4 Å². The Labute approximate surface area is 131 Å². The van der Waals surface area contributed by atoms with Gasteiger partial charge in [-0.2, -0.15) is 5.10 Å². The zero-order valence-corrected chi connectivity index (χ0v) is 12.0. The van der Waals surface area contributed by atoms with Gasteiger partial charge in [0, 0.05) is 28.8 Å². The van der Waals surface area contributed by atoms with E-state index in [1.54, 1.807) is 30.5 Å². The summed E-state index contributed by atoms with van der Waals surface area (Å²) in [7, 11) is 0. The minimum atomic E-state index is -0.370. The summed E-state index contributed by atoms with van der Waals surface area (Å²) in [4.78, 5) is 16.3. The van der Waals surface area contributed by atoms with Gasteiger partial charge in [0.05, 0.1) is 11.7 Å². The minimum absolute atomic E-state index is 0.0477. The Balaban J connectivity index is 1.74. The SMILES string of the molecule is O=C(N/N=C/c1ccc(O)cc1O)c1ccc2ncccc2c1. The third kappa shape index (κ3) is 3.26. The number of hydrazone groups is 1. The number of fused-ring (bicyclic) bond motifs is 1. The van der Waals surface area contributed by atoms with E-state index in [1.807, 2.05) is 6.07 Å². The van der Waals surface area contributed by atoms with Crippen molar-refractivity contribution >= 4 is 23.0 Å². The van der Waals surface area contributed by atoms with E-state index in [2.05, 4.69) is 15.5 Å². The molecule has 6 heteroatoms. The summed E-state index contributed by atoms with van der Waals surface area (Å²) in [6, 6.07) is 12.9. The summed E-state index contributed by atoms with van der Waals surface area (Å²) in [6.07, 6.45) is 2.99. The smallest absolute Gasteiger partial charge is 0.271 e. The van der Waals surface area contributed by atoms with Crippen molar-refractivity contribution in [3.63, 3.8) is 0 Å². The van der Waals surface area contributed by atoms with Crippen LogP contribution in [0.5, 0.6) is 11.5 Å². The Hall–Kier alpha value is -3.41. The van der Waals surface area contributed by atoms with Gasteiger partial charge in [-0.25, -0.2) is 5.43 Å². The third-order valence-corrected chi connectivity index (χ3v) is 3.25. The van der Waals surface area contributed by atoms with Crippen LogP contribution in [-0.2, 0) is 0 Å². The normalized spacial score (nSPS) is 11.0. The lowest BCUT2D eigenvalue weighted by Crippen LogP contribution is -2.17. The molecule has 0 unspecified atom stereocenters. The van der Waals surface area contributed by atoms with Gasteiger partial charge in [-0.3, -0.25) is 9.78 Å². The molecule has 1 aromatic heterocycles. The highest BCUT2D eigenvalue weighted by atomic mass is 16.3. The maximum Gasteiger partial charge on any atom is 0.271 e. The highest BCUT2D eigenvalue weighted by Gasteiger charge is 2.06. The van der Waals surface area contributed by atoms with E-state index in [0.29, 0.717) is 11.1 Å². The fourth-order valence-electron chi connectivity index (χ4n) is 2.08. The molecule has 0 spiro atoms. The summed E-state index contributed by atoms with van der Waals surface area (Å²) < 4.78 is 0. The Morgan fingerprint density at radius 1 is 1.13 bits per heavy atom. The molecule has 3 N–H and O–H groups in total. The van der Waals surface area contributed by atoms with Crippen molar-refractivity contribution in [3.05, 3.63) is 65.9 Å². The molecule has 3 aromatic rings. The first-order valence-electron chi connectivity index (χ1n) is 6.84. The van der Waals surface area contributed by atoms with E-state index in [0.717, 1.165) is 10.9 Å². The molecule has 0 bridgehead atoms. The molecular weight excluding hydrogens is 294 g/mol. The largest absolute Gasteiger partial charge is 0.508 e. The van der Waals surface area contributed by atoms with Crippen LogP contribution in [0.3, 0.4) is 0 Å². The van der Waals surface area contributed by atoms with Crippen LogP contribution < -0.4 is 5.43 Å². The molecule has 0 radical (unpaired) electrons. The Morgan fingerprint density at radius 3 is 2.83 bits per heavy atom. The molecule has 0 aliphatic heterocycles. The molecule has 3 rings (SSSR count). The van der Waals surface area contributed by atoms with Crippen LogP contribution in [0.2, 0.25) is 0 Å². The number of phenolic OH excluding ortho intramolecular Hbond substituents is 2. The fraction of sp³-hybridized carbons (Fsp3) is 0. The van der Waals surface area contributed by atoms with Crippen LogP contribution in [-0.4, -0.2) is 27.3 Å². The third-order valence-electron chi connectivity index (χ3n) is 3.25. The second kappa shape index (κ2) is 6.15. The highest BCUT2D eigenvalue weighted by molar-refractivity contribution is 5.98. The second-order valence-corrected chi connectivity index (χ2v) is 4.85. The first-order chi connectivity index (χ1) is 11.1. The van der Waals surface area contributed by atoms with Gasteiger partial charge < -0.3 is 10.2 Å². The lowest BCUT2D eigenvalue weighted by Gasteiger charge is -2.02. The summed E-state index contributed by atoms with van der Waals surface area (Å²) in [6.45, 7) is 0. The van der Waals surface area contributed by atoms with Crippen molar-refractivity contribution in [2.24, 2.45) is 5.10 Å². The standard InChI is InChI=1S/C17H13N3O3/c21-14-5-3-13(16(22)9-14)10-19-20-17(23)12-4-6-15-11(8-12)2-1-7-18-15/h1-10,21-22H,(H,20,23)/b19-10+. The lowest BCUT2D eigenvalue weighted by atomic mass is 10.1. The van der Waals surface area contributed by atoms with Crippen LogP contribution in [0.25, 0.3) is 10.9 Å². The number of aromatic hydroxyl groups is 2. The van der Waals surface area contributed by atoms with Crippen LogP contribution in [0, 0.1) is 0 Å². The van der Waals surface area contributed by atoms with E-state index in [9.17, 15) is 15.0 Å². The number of carbonyl (C=O) groups is 1. The average molecular weight is 307 g/mol. The number of phenols is 2. The van der Waals surface area contributed by atoms with Crippen LogP contribution in [0.15, 0.2) is 59.8 Å². The quantitative estimate of drug-likeness (QED) is 0.511. The van der Waals surface area contributed by atoms with Gasteiger partial charge in [0.25, 0.3) is 5.91 Å². The molecule has 1 heterocycles. The molecule has 114 valence electrons. The number of aromatic nitrogens is 1. The zero-order valence-electron chi connectivity index (χ0n) is 12.0. The number of carbonyl (C=O) groups excluding carboxylic acids is 1. The first kappa shape index (κ1) is 14.5. The molecule has 6 nitrogen and oxygen atoms in total. The van der Waals surface area contributed by atoms with Crippen molar-refractivity contribution < 1.29 is 15.0 Å². The van der Waals surface area contributed by atoms with Crippen LogP contribution >= 0.6 is 0 Å². The molecule has 23 heavy (non-hydrogen) atoms. The van der Waals surface area contributed by atoms with Gasteiger partial charge in [-0.05, 0) is 36.4 Å². The van der Waals surface area contributed by atoms with Gasteiger partial charge in [-0.15, -0.1) is 0 Å². The zero-order chi connectivity index (χ0) is 16.2. The summed E-state index contributed by atoms with van der Waals surface area (Å²) >= 11 is 0. The summed E-state index contributed by atoms with van der Waals surface area (Å²) in [5.41, 5.74) is 4.03. The van der Waals surface area contributed by atoms with Gasteiger partial charge in [0.15, 0.2) is 0 Å². The number of amides is 1. The van der Waals surface area contributed by atoms with Crippen molar-refractivity contribution in [3.8, 4) is 11.5 Å². The van der Waals surface area contributed by atoms with Gasteiger partial charge in [0.2, 0.25) is 0 Å². The Morgan fingerprint density at radius 2 is 2.00 bits per heavy atom. The second-order valence-electron chi connectivity index (χ2n) is 4.85. The maximum atomic E-state index is 12.1. The number of benzene rings is 2. The average Bonchev–Trinajstić information content (AvgIpc) is 2.56. The van der Waals surface area contributed by atoms with Crippen LogP contribution in [0.4, 0.5) is 0 Å². The number of hydrogen-bond acceptors (Lipinski definition) is 5. The number of rotatable bonds is 3. The van der Waals surface area contributed by atoms with Crippen molar-refractivity contribution in [2.75, 3.05) is 0 Å². The predicted octanol–water partition coefficient (Wildman–Crippen LogP) is 2.41. The van der Waals surface area contributed by atoms with E-state index >= 15 is 0 Å². The van der Waals surface area contributed by atoms with E-state index in [4.69, 9.17) is 0 Å². The number of hydrogen-bond donors (Lipinski definition) is 3. The van der Waals surface area contributed by atoms with Crippen LogP contribution in [0.1, 0.15) is 15.9 Å². The Kier molecular flexibility index (Phi) is 3.88. The number of pyridine rings is 1. The van der Waals surface area contributed by atoms with Crippen molar-refractivity contribution in [1.29, 1.82) is 0 Å². The highest BCUT2D eigenvalue weighted by Crippen LogP contribution is 2.20.